The van der Waals surface area contributed by atoms with Gasteiger partial charge in [-0.05, 0) is 48.6 Å². The maximum Gasteiger partial charge on any atom is 0.238 e. The molecular formula is C22H32N4O3S. The Morgan fingerprint density at radius 3 is 2.53 bits per heavy atom. The first kappa shape index (κ1) is 23.7. The zero-order valence-electron chi connectivity index (χ0n) is 18.1. The lowest BCUT2D eigenvalue weighted by atomic mass is 10.1. The van der Waals surface area contributed by atoms with Gasteiger partial charge in [0.2, 0.25) is 10.0 Å². The Labute approximate surface area is 179 Å². The average Bonchev–Trinajstić information content (AvgIpc) is 2.68. The van der Waals surface area contributed by atoms with Crippen molar-refractivity contribution in [2.45, 2.75) is 45.2 Å². The zero-order valence-corrected chi connectivity index (χ0v) is 18.9. The molecule has 7 nitrogen and oxygen atoms in total. The molecule has 0 aliphatic carbocycles. The number of aryl methyl sites for hydroxylation is 1. The third-order valence-corrected chi connectivity index (χ3v) is 5.44. The van der Waals surface area contributed by atoms with E-state index in [1.807, 2.05) is 19.1 Å². The first-order valence-electron chi connectivity index (χ1n) is 9.97. The molecule has 0 aliphatic rings. The van der Waals surface area contributed by atoms with Crippen LogP contribution in [0.1, 0.15) is 37.0 Å². The Morgan fingerprint density at radius 1 is 1.13 bits per heavy atom. The highest BCUT2D eigenvalue weighted by atomic mass is 32.2. The summed E-state index contributed by atoms with van der Waals surface area (Å²) in [4.78, 5) is 4.32. The summed E-state index contributed by atoms with van der Waals surface area (Å²) in [7, 11) is -2.04. The van der Waals surface area contributed by atoms with Gasteiger partial charge in [0.25, 0.3) is 0 Å². The van der Waals surface area contributed by atoms with Crippen LogP contribution in [0.4, 0.5) is 0 Å². The number of aliphatic imine (C=N–C) groups is 1. The smallest absolute Gasteiger partial charge is 0.238 e. The average molecular weight is 433 g/mol. The van der Waals surface area contributed by atoms with Gasteiger partial charge in [0.15, 0.2) is 5.96 Å². The van der Waals surface area contributed by atoms with Gasteiger partial charge in [-0.1, -0.05) is 38.1 Å². The number of sulfonamides is 1. The molecule has 2 rings (SSSR count). The van der Waals surface area contributed by atoms with Crippen molar-refractivity contribution < 1.29 is 13.2 Å². The molecule has 0 amide bonds. The topological polar surface area (TPSA) is 106 Å². The molecule has 30 heavy (non-hydrogen) atoms. The monoisotopic (exact) mass is 432 g/mol. The number of rotatable bonds is 9. The number of hydrogen-bond acceptors (Lipinski definition) is 4. The molecule has 8 heteroatoms. The van der Waals surface area contributed by atoms with Crippen molar-refractivity contribution in [1.82, 2.24) is 10.6 Å². The highest BCUT2D eigenvalue weighted by molar-refractivity contribution is 7.89. The molecule has 0 heterocycles. The van der Waals surface area contributed by atoms with Crippen LogP contribution in [0.25, 0.3) is 0 Å². The fraction of sp³-hybridized carbons (Fsp3) is 0.409. The predicted molar refractivity (Wildman–Crippen MR) is 121 cm³/mol. The number of primary sulfonamides is 1. The van der Waals surface area contributed by atoms with Crippen molar-refractivity contribution in [3.63, 3.8) is 0 Å². The third kappa shape index (κ3) is 7.68. The standard InChI is InChI=1S/C22H32N4O3S/c1-16(2)10-11-29-21-12-17(3)8-9-19(21)15-26-22(24-4)25-14-18-6-5-7-20(13-18)30(23,27)28/h5-9,12-13,16H,10-11,14-15H2,1-4H3,(H2,23,27,28)(H2,24,25,26). The van der Waals surface area contributed by atoms with Crippen molar-refractivity contribution >= 4 is 16.0 Å². The van der Waals surface area contributed by atoms with Crippen molar-refractivity contribution in [2.24, 2.45) is 16.0 Å². The van der Waals surface area contributed by atoms with Gasteiger partial charge >= 0.3 is 0 Å². The molecule has 0 atom stereocenters. The van der Waals surface area contributed by atoms with Crippen LogP contribution in [0, 0.1) is 12.8 Å². The van der Waals surface area contributed by atoms with Crippen molar-refractivity contribution in [3.8, 4) is 5.75 Å². The maximum atomic E-state index is 11.5. The van der Waals surface area contributed by atoms with E-state index in [1.54, 1.807) is 19.2 Å². The molecule has 2 aromatic carbocycles. The Balaban J connectivity index is 1.98. The highest BCUT2D eigenvalue weighted by Gasteiger charge is 2.09. The molecule has 0 saturated carbocycles. The second-order valence-corrected chi connectivity index (χ2v) is 9.18. The van der Waals surface area contributed by atoms with Gasteiger partial charge in [0.05, 0.1) is 11.5 Å². The normalized spacial score (nSPS) is 12.1. The summed E-state index contributed by atoms with van der Waals surface area (Å²) in [6.07, 6.45) is 1.00. The van der Waals surface area contributed by atoms with Crippen molar-refractivity contribution in [3.05, 3.63) is 59.2 Å². The lowest BCUT2D eigenvalue weighted by molar-refractivity contribution is 0.286. The fourth-order valence-electron chi connectivity index (χ4n) is 2.76. The number of ether oxygens (including phenoxy) is 1. The lowest BCUT2D eigenvalue weighted by Crippen LogP contribution is -2.36. The summed E-state index contributed by atoms with van der Waals surface area (Å²) in [5.41, 5.74) is 2.98. The van der Waals surface area contributed by atoms with E-state index in [2.05, 4.69) is 41.6 Å². The van der Waals surface area contributed by atoms with E-state index in [0.29, 0.717) is 31.6 Å². The minimum Gasteiger partial charge on any atom is -0.493 e. The van der Waals surface area contributed by atoms with Gasteiger partial charge in [-0.25, -0.2) is 13.6 Å². The largest absolute Gasteiger partial charge is 0.493 e. The number of nitrogens with one attached hydrogen (secondary N) is 2. The van der Waals surface area contributed by atoms with Gasteiger partial charge in [0.1, 0.15) is 5.75 Å². The summed E-state index contributed by atoms with van der Waals surface area (Å²) in [6, 6.07) is 12.7. The Morgan fingerprint density at radius 2 is 1.87 bits per heavy atom. The molecule has 0 saturated heterocycles. The van der Waals surface area contributed by atoms with Gasteiger partial charge in [-0.3, -0.25) is 4.99 Å². The predicted octanol–water partition coefficient (Wildman–Crippen LogP) is 2.93. The lowest BCUT2D eigenvalue weighted by Gasteiger charge is -2.16. The van der Waals surface area contributed by atoms with Gasteiger partial charge < -0.3 is 15.4 Å². The molecule has 0 aliphatic heterocycles. The van der Waals surface area contributed by atoms with Crippen LogP contribution < -0.4 is 20.5 Å². The first-order valence-corrected chi connectivity index (χ1v) is 11.5. The van der Waals surface area contributed by atoms with E-state index in [-0.39, 0.29) is 4.90 Å². The van der Waals surface area contributed by atoms with E-state index in [1.165, 1.54) is 6.07 Å². The Bertz CT molecular complexity index is 972. The van der Waals surface area contributed by atoms with Gasteiger partial charge in [-0.2, -0.15) is 0 Å². The quantitative estimate of drug-likeness (QED) is 0.417. The zero-order chi connectivity index (χ0) is 22.1. The molecule has 0 radical (unpaired) electrons. The summed E-state index contributed by atoms with van der Waals surface area (Å²) in [5, 5.41) is 11.7. The van der Waals surface area contributed by atoms with Crippen LogP contribution >= 0.6 is 0 Å². The SMILES string of the molecule is CN=C(NCc1cccc(S(N)(=O)=O)c1)NCc1ccc(C)cc1OCCC(C)C. The Kier molecular flexibility index (Phi) is 8.68. The van der Waals surface area contributed by atoms with E-state index >= 15 is 0 Å². The molecule has 164 valence electrons. The summed E-state index contributed by atoms with van der Waals surface area (Å²) in [6.45, 7) is 8.04. The summed E-state index contributed by atoms with van der Waals surface area (Å²) >= 11 is 0. The second kappa shape index (κ2) is 11.0. The third-order valence-electron chi connectivity index (χ3n) is 4.53. The minimum atomic E-state index is -3.72. The van der Waals surface area contributed by atoms with Gasteiger partial charge in [-0.15, -0.1) is 0 Å². The molecular weight excluding hydrogens is 400 g/mol. The maximum absolute atomic E-state index is 11.5. The molecule has 0 bridgehead atoms. The molecule has 0 spiro atoms. The molecule has 0 aromatic heterocycles. The molecule has 0 unspecified atom stereocenters. The van der Waals surface area contributed by atoms with Crippen LogP contribution in [-0.2, 0) is 23.1 Å². The molecule has 4 N–H and O–H groups in total. The van der Waals surface area contributed by atoms with E-state index in [9.17, 15) is 8.42 Å². The van der Waals surface area contributed by atoms with Crippen LogP contribution in [0.5, 0.6) is 5.75 Å². The highest BCUT2D eigenvalue weighted by Crippen LogP contribution is 2.21. The summed E-state index contributed by atoms with van der Waals surface area (Å²) < 4.78 is 29.0. The fourth-order valence-corrected chi connectivity index (χ4v) is 3.35. The van der Waals surface area contributed by atoms with E-state index in [4.69, 9.17) is 9.88 Å². The number of nitrogens with zero attached hydrogens (tertiary/aromatic N) is 1. The number of hydrogen-bond donors (Lipinski definition) is 3. The van der Waals surface area contributed by atoms with Crippen LogP contribution in [0.3, 0.4) is 0 Å². The van der Waals surface area contributed by atoms with Crippen LogP contribution in [0.2, 0.25) is 0 Å². The van der Waals surface area contributed by atoms with Gasteiger partial charge in [0, 0.05) is 25.7 Å². The van der Waals surface area contributed by atoms with Crippen molar-refractivity contribution in [2.75, 3.05) is 13.7 Å². The van der Waals surface area contributed by atoms with E-state index < -0.39 is 10.0 Å². The molecule has 0 fully saturated rings. The second-order valence-electron chi connectivity index (χ2n) is 7.61. The minimum absolute atomic E-state index is 0.0904. The number of nitrogens with two attached hydrogens (primary N) is 1. The number of benzene rings is 2. The van der Waals surface area contributed by atoms with E-state index in [0.717, 1.165) is 28.9 Å². The van der Waals surface area contributed by atoms with Crippen LogP contribution in [-0.4, -0.2) is 28.0 Å². The van der Waals surface area contributed by atoms with Crippen molar-refractivity contribution in [1.29, 1.82) is 0 Å². The first-order chi connectivity index (χ1) is 14.2. The van der Waals surface area contributed by atoms with Crippen LogP contribution in [0.15, 0.2) is 52.4 Å². The number of guanidine groups is 1. The molecule has 2 aromatic rings. The summed E-state index contributed by atoms with van der Waals surface area (Å²) in [5.74, 6) is 2.07. The Hall–Kier alpha value is -2.58.